The Kier molecular flexibility index (Phi) is 3.86. The first-order chi connectivity index (χ1) is 13.1. The minimum atomic E-state index is -0.908. The third-order valence-electron chi connectivity index (χ3n) is 5.82. The summed E-state index contributed by atoms with van der Waals surface area (Å²) < 4.78 is 8.40. The van der Waals surface area contributed by atoms with Crippen LogP contribution in [-0.2, 0) is 6.42 Å². The summed E-state index contributed by atoms with van der Waals surface area (Å²) in [6.07, 6.45) is 7.20. The highest BCUT2D eigenvalue weighted by molar-refractivity contribution is 5.91. The molecule has 2 aromatic rings. The molecule has 2 fully saturated rings. The summed E-state index contributed by atoms with van der Waals surface area (Å²) in [5, 5.41) is 17.5. The molecule has 0 unspecified atom stereocenters. The number of hydrogen-bond acceptors (Lipinski definition) is 4. The molecule has 3 aliphatic rings. The van der Waals surface area contributed by atoms with Gasteiger partial charge in [-0.2, -0.15) is 5.10 Å². The zero-order valence-electron chi connectivity index (χ0n) is 15.4. The summed E-state index contributed by atoms with van der Waals surface area (Å²) in [5.74, 6) is 0.826. The standard InChI is InChI=1S/C20H24N4O3/c1-12-2-5-17-18(24(12)20(25)26)7-6-16(19(17)27-15-9-21-10-15)13-8-22-23(11-13)14-3-4-14/h6-8,11-12,14-15,21H,2-5,9-10H2,1H3,(H,25,26)/t12-/m0/s1. The summed E-state index contributed by atoms with van der Waals surface area (Å²) in [4.78, 5) is 13.3. The lowest BCUT2D eigenvalue weighted by molar-refractivity contribution is 0.141. The molecule has 1 saturated heterocycles. The maximum atomic E-state index is 11.8. The summed E-state index contributed by atoms with van der Waals surface area (Å²) in [6.45, 7) is 3.61. The predicted octanol–water partition coefficient (Wildman–Crippen LogP) is 3.05. The van der Waals surface area contributed by atoms with Crippen LogP contribution in [0, 0.1) is 0 Å². The summed E-state index contributed by atoms with van der Waals surface area (Å²) in [7, 11) is 0. The highest BCUT2D eigenvalue weighted by atomic mass is 16.5. The quantitative estimate of drug-likeness (QED) is 0.867. The van der Waals surface area contributed by atoms with Crippen molar-refractivity contribution in [3.05, 3.63) is 30.1 Å². The van der Waals surface area contributed by atoms with E-state index >= 15 is 0 Å². The van der Waals surface area contributed by atoms with Gasteiger partial charge in [0, 0.05) is 42.0 Å². The van der Waals surface area contributed by atoms with Gasteiger partial charge in [-0.3, -0.25) is 9.58 Å². The molecule has 7 nitrogen and oxygen atoms in total. The lowest BCUT2D eigenvalue weighted by atomic mass is 9.92. The van der Waals surface area contributed by atoms with Gasteiger partial charge in [0.2, 0.25) is 0 Å². The number of carbonyl (C=O) groups is 1. The number of carboxylic acid groups (broad SMARTS) is 1. The molecule has 3 heterocycles. The van der Waals surface area contributed by atoms with Crippen LogP contribution in [0.1, 0.15) is 37.8 Å². The molecule has 1 atom stereocenters. The van der Waals surface area contributed by atoms with Crippen molar-refractivity contribution in [2.75, 3.05) is 18.0 Å². The summed E-state index contributed by atoms with van der Waals surface area (Å²) in [5.41, 5.74) is 3.79. The number of nitrogens with one attached hydrogen (secondary N) is 1. The van der Waals surface area contributed by atoms with Gasteiger partial charge in [-0.05, 0) is 44.7 Å². The first-order valence-electron chi connectivity index (χ1n) is 9.71. The van der Waals surface area contributed by atoms with E-state index in [0.29, 0.717) is 6.04 Å². The van der Waals surface area contributed by atoms with E-state index in [-0.39, 0.29) is 12.1 Å². The van der Waals surface area contributed by atoms with Crippen molar-refractivity contribution in [1.29, 1.82) is 0 Å². The Hall–Kier alpha value is -2.54. The van der Waals surface area contributed by atoms with E-state index in [1.54, 1.807) is 0 Å². The number of nitrogens with zero attached hydrogens (tertiary/aromatic N) is 3. The predicted molar refractivity (Wildman–Crippen MR) is 102 cm³/mol. The highest BCUT2D eigenvalue weighted by Gasteiger charge is 2.33. The van der Waals surface area contributed by atoms with E-state index < -0.39 is 6.09 Å². The Balaban J connectivity index is 1.60. The second-order valence-corrected chi connectivity index (χ2v) is 7.82. The maximum Gasteiger partial charge on any atom is 0.412 e. The van der Waals surface area contributed by atoms with Gasteiger partial charge < -0.3 is 15.2 Å². The van der Waals surface area contributed by atoms with Gasteiger partial charge in [0.1, 0.15) is 11.9 Å². The van der Waals surface area contributed by atoms with Crippen LogP contribution in [0.4, 0.5) is 10.5 Å². The average Bonchev–Trinajstić information content (AvgIpc) is 3.34. The van der Waals surface area contributed by atoms with Crippen LogP contribution in [0.3, 0.4) is 0 Å². The van der Waals surface area contributed by atoms with Crippen molar-refractivity contribution in [2.45, 2.75) is 50.8 Å². The third kappa shape index (κ3) is 2.86. The summed E-state index contributed by atoms with van der Waals surface area (Å²) in [6, 6.07) is 4.41. The van der Waals surface area contributed by atoms with Gasteiger partial charge in [-0.1, -0.05) is 0 Å². The monoisotopic (exact) mass is 368 g/mol. The topological polar surface area (TPSA) is 79.6 Å². The number of anilines is 1. The minimum Gasteiger partial charge on any atom is -0.487 e. The van der Waals surface area contributed by atoms with Crippen molar-refractivity contribution in [1.82, 2.24) is 15.1 Å². The van der Waals surface area contributed by atoms with Crippen LogP contribution in [0.25, 0.3) is 11.1 Å². The molecule has 0 bridgehead atoms. The van der Waals surface area contributed by atoms with E-state index in [9.17, 15) is 9.90 Å². The normalized spacial score (nSPS) is 22.3. The number of hydrogen-bond donors (Lipinski definition) is 2. The van der Waals surface area contributed by atoms with Crippen LogP contribution >= 0.6 is 0 Å². The molecule has 142 valence electrons. The summed E-state index contributed by atoms with van der Waals surface area (Å²) >= 11 is 0. The molecule has 2 N–H and O–H groups in total. The van der Waals surface area contributed by atoms with Crippen molar-refractivity contribution >= 4 is 11.8 Å². The molecule has 0 spiro atoms. The Morgan fingerprint density at radius 1 is 1.30 bits per heavy atom. The van der Waals surface area contributed by atoms with Gasteiger partial charge in [0.25, 0.3) is 0 Å². The smallest absolute Gasteiger partial charge is 0.412 e. The Labute approximate surface area is 157 Å². The molecule has 1 aliphatic carbocycles. The second-order valence-electron chi connectivity index (χ2n) is 7.82. The van der Waals surface area contributed by atoms with Gasteiger partial charge in [-0.25, -0.2) is 4.79 Å². The van der Waals surface area contributed by atoms with E-state index in [1.165, 1.54) is 17.7 Å². The largest absolute Gasteiger partial charge is 0.487 e. The van der Waals surface area contributed by atoms with E-state index in [4.69, 9.17) is 4.74 Å². The van der Waals surface area contributed by atoms with Gasteiger partial charge in [0.15, 0.2) is 0 Å². The number of rotatable bonds is 4. The van der Waals surface area contributed by atoms with E-state index in [0.717, 1.165) is 54.1 Å². The lowest BCUT2D eigenvalue weighted by Gasteiger charge is -2.36. The van der Waals surface area contributed by atoms with Crippen LogP contribution in [0.15, 0.2) is 24.5 Å². The van der Waals surface area contributed by atoms with Gasteiger partial charge in [0.05, 0.1) is 17.9 Å². The fourth-order valence-electron chi connectivity index (χ4n) is 3.99. The van der Waals surface area contributed by atoms with Crippen molar-refractivity contribution in [2.24, 2.45) is 0 Å². The Bertz CT molecular complexity index is 885. The molecule has 2 aliphatic heterocycles. The SMILES string of the molecule is C[C@H]1CCc2c(ccc(-c3cnn(C4CC4)c3)c2OC2CNC2)N1C(=O)O. The zero-order chi connectivity index (χ0) is 18.5. The van der Waals surface area contributed by atoms with E-state index in [2.05, 4.69) is 16.6 Å². The van der Waals surface area contributed by atoms with Crippen LogP contribution in [0.2, 0.25) is 0 Å². The Morgan fingerprint density at radius 3 is 2.78 bits per heavy atom. The average molecular weight is 368 g/mol. The molecule has 27 heavy (non-hydrogen) atoms. The molecule has 5 rings (SSSR count). The maximum absolute atomic E-state index is 11.8. The second kappa shape index (κ2) is 6.27. The van der Waals surface area contributed by atoms with Gasteiger partial charge >= 0.3 is 6.09 Å². The zero-order valence-corrected chi connectivity index (χ0v) is 15.4. The first kappa shape index (κ1) is 16.6. The van der Waals surface area contributed by atoms with Gasteiger partial charge in [-0.15, -0.1) is 0 Å². The molecule has 1 saturated carbocycles. The molecule has 1 aromatic heterocycles. The number of aromatic nitrogens is 2. The van der Waals surface area contributed by atoms with Crippen molar-refractivity contribution in [3.8, 4) is 16.9 Å². The van der Waals surface area contributed by atoms with Crippen LogP contribution in [0.5, 0.6) is 5.75 Å². The van der Waals surface area contributed by atoms with Crippen LogP contribution in [-0.4, -0.2) is 46.2 Å². The number of amides is 1. The molecule has 0 radical (unpaired) electrons. The number of fused-ring (bicyclic) bond motifs is 1. The highest BCUT2D eigenvalue weighted by Crippen LogP contribution is 2.44. The minimum absolute atomic E-state index is 0.0308. The Morgan fingerprint density at radius 2 is 2.11 bits per heavy atom. The number of ether oxygens (including phenoxy) is 1. The van der Waals surface area contributed by atoms with Crippen molar-refractivity contribution < 1.29 is 14.6 Å². The molecule has 1 aromatic carbocycles. The molecular formula is C20H24N4O3. The number of benzene rings is 1. The van der Waals surface area contributed by atoms with Crippen molar-refractivity contribution in [3.63, 3.8) is 0 Å². The van der Waals surface area contributed by atoms with E-state index in [1.807, 2.05) is 29.9 Å². The molecule has 7 heteroatoms. The fraction of sp³-hybridized carbons (Fsp3) is 0.500. The van der Waals surface area contributed by atoms with Crippen LogP contribution < -0.4 is 15.0 Å². The lowest BCUT2D eigenvalue weighted by Crippen LogP contribution is -2.50. The fourth-order valence-corrected chi connectivity index (χ4v) is 3.99. The molecular weight excluding hydrogens is 344 g/mol. The molecule has 1 amide bonds. The first-order valence-corrected chi connectivity index (χ1v) is 9.71. The third-order valence-corrected chi connectivity index (χ3v) is 5.82.